The van der Waals surface area contributed by atoms with Gasteiger partial charge in [-0.2, -0.15) is 0 Å². The molecule has 0 nitrogen and oxygen atoms in total. The Morgan fingerprint density at radius 1 is 0.625 bits per heavy atom. The van der Waals surface area contributed by atoms with E-state index < -0.39 is 21.3 Å². The predicted octanol–water partition coefficient (Wildman–Crippen LogP) is 9.03. The van der Waals surface area contributed by atoms with Crippen LogP contribution in [0.5, 0.6) is 0 Å². The van der Waals surface area contributed by atoms with Crippen LogP contribution in [-0.4, -0.2) is 3.21 Å². The largest absolute Gasteiger partial charge is 0.147 e. The van der Waals surface area contributed by atoms with Gasteiger partial charge in [0.15, 0.2) is 0 Å². The summed E-state index contributed by atoms with van der Waals surface area (Å²) in [6.45, 7) is 19.0. The van der Waals surface area contributed by atoms with Crippen LogP contribution in [0.1, 0.15) is 84.9 Å². The maximum Gasteiger partial charge on any atom is -0.147 e. The first-order valence-electron chi connectivity index (χ1n) is 11.3. The molecule has 2 atom stereocenters. The SMILES string of the molecule is C[C](C)=[Zr]([CH]1C=C(C(C)(C)C)c2ccccc21)[CH]1C=C(C(C)(C)C)c2ccccc21.Cl.Cl. The Morgan fingerprint density at radius 3 is 1.28 bits per heavy atom. The van der Waals surface area contributed by atoms with Gasteiger partial charge in [0.2, 0.25) is 0 Å². The summed E-state index contributed by atoms with van der Waals surface area (Å²) in [4.78, 5) is 0. The van der Waals surface area contributed by atoms with Crippen molar-refractivity contribution < 1.29 is 21.3 Å². The Hall–Kier alpha value is -0.747. The number of fused-ring (bicyclic) bond motifs is 2. The Morgan fingerprint density at radius 2 is 0.969 bits per heavy atom. The molecule has 2 aromatic carbocycles. The summed E-state index contributed by atoms with van der Waals surface area (Å²) in [5, 5.41) is 0. The molecule has 0 saturated heterocycles. The van der Waals surface area contributed by atoms with Gasteiger partial charge >= 0.3 is 192 Å². The summed E-state index contributed by atoms with van der Waals surface area (Å²) in [5.74, 6) is 0. The van der Waals surface area contributed by atoms with E-state index >= 15 is 0 Å². The van der Waals surface area contributed by atoms with Crippen molar-refractivity contribution in [2.45, 2.75) is 62.6 Å². The van der Waals surface area contributed by atoms with E-state index in [0.717, 1.165) is 0 Å². The normalized spacial score (nSPS) is 19.1. The summed E-state index contributed by atoms with van der Waals surface area (Å²) in [7, 11) is 0. The van der Waals surface area contributed by atoms with E-state index in [1.807, 2.05) is 0 Å². The summed E-state index contributed by atoms with van der Waals surface area (Å²) in [6.07, 6.45) is 5.36. The molecule has 172 valence electrons. The van der Waals surface area contributed by atoms with Gasteiger partial charge in [-0.05, 0) is 0 Å². The third-order valence-corrected chi connectivity index (χ3v) is 15.2. The number of benzene rings is 2. The minimum absolute atomic E-state index is 0. The van der Waals surface area contributed by atoms with E-state index in [1.54, 1.807) is 25.5 Å². The average molecular weight is 549 g/mol. The van der Waals surface area contributed by atoms with Gasteiger partial charge < -0.3 is 0 Å². The van der Waals surface area contributed by atoms with Gasteiger partial charge in [0, 0.05) is 0 Å². The van der Waals surface area contributed by atoms with Crippen LogP contribution in [-0.2, 0) is 21.3 Å². The van der Waals surface area contributed by atoms with Crippen LogP contribution in [0.15, 0.2) is 60.7 Å². The summed E-state index contributed by atoms with van der Waals surface area (Å²) in [6, 6.07) is 18.5. The molecule has 0 aromatic heterocycles. The van der Waals surface area contributed by atoms with Crippen LogP contribution >= 0.6 is 24.8 Å². The van der Waals surface area contributed by atoms with Crippen molar-refractivity contribution in [3.05, 3.63) is 82.9 Å². The molecule has 0 saturated carbocycles. The van der Waals surface area contributed by atoms with Gasteiger partial charge in [-0.3, -0.25) is 0 Å². The van der Waals surface area contributed by atoms with Crippen molar-refractivity contribution in [3.63, 3.8) is 0 Å². The molecule has 2 aliphatic carbocycles. The Balaban J connectivity index is 0.00000181. The van der Waals surface area contributed by atoms with Crippen molar-refractivity contribution in [2.75, 3.05) is 0 Å². The van der Waals surface area contributed by atoms with Crippen LogP contribution in [0.25, 0.3) is 11.1 Å². The number of hydrogen-bond donors (Lipinski definition) is 0. The molecule has 0 N–H and O–H groups in total. The van der Waals surface area contributed by atoms with Gasteiger partial charge in [0.1, 0.15) is 0 Å². The second-order valence-corrected chi connectivity index (χ2v) is 19.0. The number of hydrogen-bond acceptors (Lipinski definition) is 0. The molecule has 0 spiro atoms. The molecule has 0 radical (unpaired) electrons. The summed E-state index contributed by atoms with van der Waals surface area (Å²) in [5.41, 5.74) is 9.65. The van der Waals surface area contributed by atoms with Crippen LogP contribution in [0, 0.1) is 10.8 Å². The van der Waals surface area contributed by atoms with Crippen LogP contribution < -0.4 is 0 Å². The van der Waals surface area contributed by atoms with Crippen molar-refractivity contribution in [1.29, 1.82) is 0 Å². The smallest absolute Gasteiger partial charge is 0.147 e. The van der Waals surface area contributed by atoms with Gasteiger partial charge in [0.05, 0.1) is 0 Å². The van der Waals surface area contributed by atoms with E-state index in [9.17, 15) is 0 Å². The zero-order valence-corrected chi connectivity index (χ0v) is 24.8. The van der Waals surface area contributed by atoms with Crippen molar-refractivity contribution in [3.8, 4) is 0 Å². The molecule has 4 rings (SSSR count). The molecule has 2 aliphatic rings. The van der Waals surface area contributed by atoms with E-state index in [0.29, 0.717) is 7.25 Å². The minimum Gasteiger partial charge on any atom is -0.147 e. The topological polar surface area (TPSA) is 0 Å². The molecule has 0 aliphatic heterocycles. The fourth-order valence-corrected chi connectivity index (χ4v) is 14.0. The molecule has 3 heteroatoms. The fraction of sp³-hybridized carbons (Fsp3) is 0.414. The van der Waals surface area contributed by atoms with Crippen molar-refractivity contribution >= 4 is 39.2 Å². The number of rotatable bonds is 2. The molecule has 0 heterocycles. The van der Waals surface area contributed by atoms with Crippen LogP contribution in [0.3, 0.4) is 0 Å². The van der Waals surface area contributed by atoms with Crippen molar-refractivity contribution in [2.24, 2.45) is 10.8 Å². The molecule has 32 heavy (non-hydrogen) atoms. The first kappa shape index (κ1) is 27.5. The van der Waals surface area contributed by atoms with E-state index in [4.69, 9.17) is 0 Å². The molecule has 2 unspecified atom stereocenters. The second kappa shape index (κ2) is 9.86. The molecular weight excluding hydrogens is 510 g/mol. The minimum atomic E-state index is -2.09. The standard InChI is InChI=1S/2C13H15.C3H6.2ClH.Zr/c2*1-13(2,3)12-9-8-10-6-4-5-7-11(10)12;1-3-2;;;/h2*4-9H,1-3H3;1-2H3;2*1H;. The molecular formula is C29H38Cl2Zr. The van der Waals surface area contributed by atoms with Gasteiger partial charge in [0.25, 0.3) is 0 Å². The molecule has 0 fully saturated rings. The van der Waals surface area contributed by atoms with Gasteiger partial charge in [-0.1, -0.05) is 0 Å². The van der Waals surface area contributed by atoms with Crippen molar-refractivity contribution in [1.82, 2.24) is 0 Å². The van der Waals surface area contributed by atoms with E-state index in [-0.39, 0.29) is 35.6 Å². The maximum atomic E-state index is 2.68. The Labute approximate surface area is 215 Å². The number of halogens is 2. The first-order chi connectivity index (χ1) is 14.0. The zero-order chi connectivity index (χ0) is 21.8. The van der Waals surface area contributed by atoms with E-state index in [1.165, 1.54) is 11.1 Å². The quantitative estimate of drug-likeness (QED) is 0.351. The van der Waals surface area contributed by atoms with Gasteiger partial charge in [-0.15, -0.1) is 24.8 Å². The molecule has 0 amide bonds. The van der Waals surface area contributed by atoms with E-state index in [2.05, 4.69) is 116 Å². The predicted molar refractivity (Wildman–Crippen MR) is 144 cm³/mol. The average Bonchev–Trinajstić information content (AvgIpc) is 3.22. The number of allylic oxidation sites excluding steroid dienone is 4. The van der Waals surface area contributed by atoms with Crippen LogP contribution in [0.2, 0.25) is 0 Å². The third-order valence-electron chi connectivity index (χ3n) is 6.70. The monoisotopic (exact) mass is 546 g/mol. The fourth-order valence-electron chi connectivity index (χ4n) is 5.36. The molecule has 2 aromatic rings. The molecule has 0 bridgehead atoms. The summed E-state index contributed by atoms with van der Waals surface area (Å²) < 4.78 is 2.96. The Bertz CT molecular complexity index is 1010. The summed E-state index contributed by atoms with van der Waals surface area (Å²) >= 11 is -2.09. The Kier molecular flexibility index (Phi) is 8.47. The van der Waals surface area contributed by atoms with Gasteiger partial charge in [-0.25, -0.2) is 0 Å². The third kappa shape index (κ3) is 4.87. The van der Waals surface area contributed by atoms with Crippen LogP contribution in [0.4, 0.5) is 0 Å². The zero-order valence-electron chi connectivity index (χ0n) is 20.7. The maximum absolute atomic E-state index is 2.68. The second-order valence-electron chi connectivity index (χ2n) is 11.2. The first-order valence-corrected chi connectivity index (χ1v) is 15.4.